The number of halogens is 3. The van der Waals surface area contributed by atoms with E-state index in [0.717, 1.165) is 5.69 Å². The zero-order valence-electron chi connectivity index (χ0n) is 8.68. The summed E-state index contributed by atoms with van der Waals surface area (Å²) in [4.78, 5) is 4.04. The summed E-state index contributed by atoms with van der Waals surface area (Å²) in [7, 11) is 0. The highest BCUT2D eigenvalue weighted by molar-refractivity contribution is 7.13. The molecule has 0 bridgehead atoms. The summed E-state index contributed by atoms with van der Waals surface area (Å²) in [6, 6.07) is 0. The summed E-state index contributed by atoms with van der Waals surface area (Å²) in [5.41, 5.74) is 6.32. The predicted molar refractivity (Wildman–Crippen MR) is 58.4 cm³/mol. The van der Waals surface area contributed by atoms with Crippen LogP contribution >= 0.6 is 11.3 Å². The first-order valence-corrected chi connectivity index (χ1v) is 5.83. The summed E-state index contributed by atoms with van der Waals surface area (Å²) >= 11 is 1.37. The predicted octanol–water partition coefficient (Wildman–Crippen LogP) is 2.20. The zero-order valence-corrected chi connectivity index (χ0v) is 9.50. The van der Waals surface area contributed by atoms with Crippen LogP contribution in [0, 0.1) is 0 Å². The number of anilines is 1. The first kappa shape index (κ1) is 13.2. The zero-order chi connectivity index (χ0) is 12.0. The molecule has 0 fully saturated rings. The van der Waals surface area contributed by atoms with Crippen LogP contribution in [0.25, 0.3) is 0 Å². The normalized spacial score (nSPS) is 11.9. The van der Waals surface area contributed by atoms with Gasteiger partial charge in [-0.15, -0.1) is 11.3 Å². The summed E-state index contributed by atoms with van der Waals surface area (Å²) in [5.74, 6) is 0. The van der Waals surface area contributed by atoms with Gasteiger partial charge < -0.3 is 11.1 Å². The third kappa shape index (κ3) is 5.92. The van der Waals surface area contributed by atoms with Crippen LogP contribution in [-0.4, -0.2) is 24.2 Å². The number of rotatable bonds is 6. The molecule has 0 amide bonds. The number of aromatic nitrogens is 1. The largest absolute Gasteiger partial charge is 0.389 e. The van der Waals surface area contributed by atoms with E-state index in [2.05, 4.69) is 10.3 Å². The van der Waals surface area contributed by atoms with Crippen molar-refractivity contribution in [1.82, 2.24) is 10.3 Å². The minimum Gasteiger partial charge on any atom is -0.375 e. The van der Waals surface area contributed by atoms with E-state index < -0.39 is 12.6 Å². The highest BCUT2D eigenvalue weighted by Crippen LogP contribution is 2.20. The van der Waals surface area contributed by atoms with Crippen LogP contribution in [0.3, 0.4) is 0 Å². The van der Waals surface area contributed by atoms with Gasteiger partial charge in [-0.2, -0.15) is 13.2 Å². The van der Waals surface area contributed by atoms with Crippen molar-refractivity contribution in [2.45, 2.75) is 25.4 Å². The number of hydrogen-bond acceptors (Lipinski definition) is 4. The molecule has 1 rings (SSSR count). The number of hydrogen-bond donors (Lipinski definition) is 2. The fraction of sp³-hybridized carbons (Fsp3) is 0.667. The van der Waals surface area contributed by atoms with E-state index >= 15 is 0 Å². The van der Waals surface area contributed by atoms with Gasteiger partial charge in [0.1, 0.15) is 0 Å². The van der Waals surface area contributed by atoms with Gasteiger partial charge in [0, 0.05) is 24.8 Å². The molecule has 92 valence electrons. The molecule has 0 unspecified atom stereocenters. The standard InChI is InChI=1S/C9H14F3N3S/c10-9(11,12)3-1-4-14-5-2-7-6-16-8(13)15-7/h6,14H,1-5H2,(H2,13,15). The SMILES string of the molecule is Nc1nc(CCNCCCC(F)(F)F)cs1. The second kappa shape index (κ2) is 6.05. The van der Waals surface area contributed by atoms with E-state index in [1.165, 1.54) is 11.3 Å². The molecule has 0 radical (unpaired) electrons. The van der Waals surface area contributed by atoms with Gasteiger partial charge in [-0.3, -0.25) is 0 Å². The van der Waals surface area contributed by atoms with Crippen LogP contribution < -0.4 is 11.1 Å². The average molecular weight is 253 g/mol. The number of nitrogens with two attached hydrogens (primary N) is 1. The molecule has 1 aromatic heterocycles. The molecule has 0 aliphatic heterocycles. The molecular weight excluding hydrogens is 239 g/mol. The Morgan fingerprint density at radius 1 is 1.38 bits per heavy atom. The van der Waals surface area contributed by atoms with Crippen LogP contribution in [0.2, 0.25) is 0 Å². The molecule has 0 aromatic carbocycles. The van der Waals surface area contributed by atoms with Crippen molar-refractivity contribution < 1.29 is 13.2 Å². The minimum atomic E-state index is -4.05. The Kier molecular flexibility index (Phi) is 5.01. The molecule has 16 heavy (non-hydrogen) atoms. The van der Waals surface area contributed by atoms with Crippen LogP contribution in [0.4, 0.5) is 18.3 Å². The topological polar surface area (TPSA) is 50.9 Å². The maximum atomic E-state index is 11.8. The second-order valence-electron chi connectivity index (χ2n) is 3.40. The van der Waals surface area contributed by atoms with Crippen molar-refractivity contribution in [2.24, 2.45) is 0 Å². The van der Waals surface area contributed by atoms with Crippen molar-refractivity contribution in [3.63, 3.8) is 0 Å². The van der Waals surface area contributed by atoms with E-state index in [-0.39, 0.29) is 6.42 Å². The lowest BCUT2D eigenvalue weighted by atomic mass is 10.3. The van der Waals surface area contributed by atoms with Crippen molar-refractivity contribution in [3.05, 3.63) is 11.1 Å². The van der Waals surface area contributed by atoms with E-state index in [1.54, 1.807) is 0 Å². The van der Waals surface area contributed by atoms with E-state index in [4.69, 9.17) is 5.73 Å². The number of nitrogen functional groups attached to an aromatic ring is 1. The Bertz CT molecular complexity index is 311. The van der Waals surface area contributed by atoms with Gasteiger partial charge in [-0.1, -0.05) is 0 Å². The second-order valence-corrected chi connectivity index (χ2v) is 4.29. The van der Waals surface area contributed by atoms with Crippen LogP contribution in [0.15, 0.2) is 5.38 Å². The number of nitrogens with zero attached hydrogens (tertiary/aromatic N) is 1. The number of thiazole rings is 1. The summed E-state index contributed by atoms with van der Waals surface area (Å²) < 4.78 is 35.3. The third-order valence-corrected chi connectivity index (χ3v) is 2.66. The molecular formula is C9H14F3N3S. The molecule has 0 spiro atoms. The highest BCUT2D eigenvalue weighted by Gasteiger charge is 2.25. The summed E-state index contributed by atoms with van der Waals surface area (Å²) in [6.45, 7) is 1.00. The van der Waals surface area contributed by atoms with Gasteiger partial charge in [0.05, 0.1) is 5.69 Å². The van der Waals surface area contributed by atoms with Crippen molar-refractivity contribution in [3.8, 4) is 0 Å². The molecule has 0 atom stereocenters. The molecule has 0 aliphatic carbocycles. The van der Waals surface area contributed by atoms with Gasteiger partial charge in [-0.05, 0) is 13.0 Å². The summed E-state index contributed by atoms with van der Waals surface area (Å²) in [5, 5.41) is 5.31. The van der Waals surface area contributed by atoms with E-state index in [9.17, 15) is 13.2 Å². The smallest absolute Gasteiger partial charge is 0.375 e. The monoisotopic (exact) mass is 253 g/mol. The van der Waals surface area contributed by atoms with Crippen LogP contribution in [0.1, 0.15) is 18.5 Å². The molecule has 0 aliphatic rings. The lowest BCUT2D eigenvalue weighted by Gasteiger charge is -2.06. The van der Waals surface area contributed by atoms with Crippen molar-refractivity contribution in [2.75, 3.05) is 18.8 Å². The highest BCUT2D eigenvalue weighted by atomic mass is 32.1. The van der Waals surface area contributed by atoms with Gasteiger partial charge in [0.25, 0.3) is 0 Å². The van der Waals surface area contributed by atoms with Gasteiger partial charge in [0.2, 0.25) is 0 Å². The number of nitrogens with one attached hydrogen (secondary N) is 1. The van der Waals surface area contributed by atoms with Crippen LogP contribution in [0.5, 0.6) is 0 Å². The molecule has 7 heteroatoms. The van der Waals surface area contributed by atoms with Gasteiger partial charge in [0.15, 0.2) is 5.13 Å². The van der Waals surface area contributed by atoms with Crippen molar-refractivity contribution >= 4 is 16.5 Å². The van der Waals surface area contributed by atoms with Crippen LogP contribution in [-0.2, 0) is 6.42 Å². The molecule has 1 aromatic rings. The maximum Gasteiger partial charge on any atom is 0.389 e. The van der Waals surface area contributed by atoms with E-state index in [1.807, 2.05) is 5.38 Å². The van der Waals surface area contributed by atoms with Gasteiger partial charge >= 0.3 is 6.18 Å². The average Bonchev–Trinajstić information content (AvgIpc) is 2.56. The van der Waals surface area contributed by atoms with Crippen molar-refractivity contribution in [1.29, 1.82) is 0 Å². The molecule has 1 heterocycles. The van der Waals surface area contributed by atoms with Gasteiger partial charge in [-0.25, -0.2) is 4.98 Å². The number of alkyl halides is 3. The third-order valence-electron chi connectivity index (χ3n) is 1.94. The van der Waals surface area contributed by atoms with E-state index in [0.29, 0.717) is 24.6 Å². The lowest BCUT2D eigenvalue weighted by molar-refractivity contribution is -0.135. The quantitative estimate of drug-likeness (QED) is 0.764. The fourth-order valence-corrected chi connectivity index (χ4v) is 1.79. The molecule has 0 saturated heterocycles. The Hall–Kier alpha value is -0.820. The first-order chi connectivity index (χ1) is 7.47. The fourth-order valence-electron chi connectivity index (χ4n) is 1.19. The molecule has 3 nitrogen and oxygen atoms in total. The Labute approximate surface area is 95.9 Å². The lowest BCUT2D eigenvalue weighted by Crippen LogP contribution is -2.20. The summed E-state index contributed by atoms with van der Waals surface area (Å²) in [6.07, 6.45) is -3.98. The Balaban J connectivity index is 2.00. The molecule has 0 saturated carbocycles. The first-order valence-electron chi connectivity index (χ1n) is 4.95. The Morgan fingerprint density at radius 3 is 2.69 bits per heavy atom. The maximum absolute atomic E-state index is 11.8. The molecule has 3 N–H and O–H groups in total. The minimum absolute atomic E-state index is 0.114. The Morgan fingerprint density at radius 2 is 2.12 bits per heavy atom.